The number of hydrogen-bond acceptors (Lipinski definition) is 5. The van der Waals surface area contributed by atoms with Crippen molar-refractivity contribution in [2.24, 2.45) is 10.2 Å². The van der Waals surface area contributed by atoms with Crippen LogP contribution in [0.1, 0.15) is 25.7 Å². The lowest BCUT2D eigenvalue weighted by molar-refractivity contribution is -0.121. The summed E-state index contributed by atoms with van der Waals surface area (Å²) in [4.78, 5) is 39.0. The number of fused-ring (bicyclic) bond motifs is 1. The number of aromatic amines is 1. The van der Waals surface area contributed by atoms with E-state index in [1.165, 1.54) is 0 Å². The van der Waals surface area contributed by atoms with Gasteiger partial charge in [-0.15, -0.1) is 12.3 Å². The maximum Gasteiger partial charge on any atom is 0.328 e. The maximum absolute atomic E-state index is 12.4. The van der Waals surface area contributed by atoms with Crippen LogP contribution in [0.15, 0.2) is 44.1 Å². The van der Waals surface area contributed by atoms with Crippen LogP contribution in [0.5, 0.6) is 0 Å². The van der Waals surface area contributed by atoms with Crippen molar-refractivity contribution < 1.29 is 4.79 Å². The summed E-state index contributed by atoms with van der Waals surface area (Å²) in [6, 6.07) is 6.81. The van der Waals surface area contributed by atoms with E-state index in [1.54, 1.807) is 24.3 Å². The number of carbonyl (C=O) groups is 1. The molecule has 26 heavy (non-hydrogen) atoms. The smallest absolute Gasteiger partial charge is 0.328 e. The summed E-state index contributed by atoms with van der Waals surface area (Å²) in [5.74, 6) is 2.37. The summed E-state index contributed by atoms with van der Waals surface area (Å²) < 4.78 is 1.09. The Bertz CT molecular complexity index is 1010. The van der Waals surface area contributed by atoms with E-state index in [-0.39, 0.29) is 31.0 Å². The number of rotatable bonds is 8. The van der Waals surface area contributed by atoms with Gasteiger partial charge in [0.05, 0.1) is 10.9 Å². The first-order valence-electron chi connectivity index (χ1n) is 8.41. The molecule has 1 aromatic heterocycles. The number of terminal acetylenes is 1. The molecule has 8 nitrogen and oxygen atoms in total. The average molecular weight is 353 g/mol. The summed E-state index contributed by atoms with van der Waals surface area (Å²) in [5.41, 5.74) is -0.859. The van der Waals surface area contributed by atoms with E-state index in [9.17, 15) is 14.4 Å². The quantitative estimate of drug-likeness (QED) is 0.695. The molecule has 8 heteroatoms. The molecule has 0 atom stereocenters. The van der Waals surface area contributed by atoms with Gasteiger partial charge in [-0.05, 0) is 12.1 Å². The fourth-order valence-corrected chi connectivity index (χ4v) is 2.78. The van der Waals surface area contributed by atoms with Crippen LogP contribution in [0, 0.1) is 12.3 Å². The van der Waals surface area contributed by atoms with E-state index in [0.717, 1.165) is 4.57 Å². The normalized spacial score (nSPS) is 14.1. The van der Waals surface area contributed by atoms with Gasteiger partial charge in [0.15, 0.2) is 5.66 Å². The van der Waals surface area contributed by atoms with Gasteiger partial charge in [-0.3, -0.25) is 14.2 Å². The van der Waals surface area contributed by atoms with Crippen molar-refractivity contribution in [2.45, 2.75) is 37.9 Å². The molecule has 2 N–H and O–H groups in total. The molecule has 0 aliphatic carbocycles. The fraction of sp³-hybridized carbons (Fsp3) is 0.389. The molecule has 1 amide bonds. The average Bonchev–Trinajstić information content (AvgIpc) is 3.41. The third-order valence-corrected chi connectivity index (χ3v) is 4.35. The standard InChI is InChI=1S/C18H19N5O3/c1-2-3-9-18(21-22-18)10-8-15(24)19-11-12-23-16(25)13-6-4-5-7-14(13)20-17(23)26/h1,4-7H,3,8-12H2,(H,19,24)(H,20,26). The number of para-hydroxylation sites is 1. The van der Waals surface area contributed by atoms with Gasteiger partial charge in [-0.2, -0.15) is 10.2 Å². The topological polar surface area (TPSA) is 109 Å². The Morgan fingerprint density at radius 1 is 1.27 bits per heavy atom. The minimum absolute atomic E-state index is 0.0989. The highest BCUT2D eigenvalue weighted by atomic mass is 16.2. The van der Waals surface area contributed by atoms with Crippen LogP contribution in [-0.4, -0.2) is 27.7 Å². The highest BCUT2D eigenvalue weighted by molar-refractivity contribution is 5.77. The minimum Gasteiger partial charge on any atom is -0.354 e. The van der Waals surface area contributed by atoms with Crippen LogP contribution < -0.4 is 16.6 Å². The number of carbonyl (C=O) groups excluding carboxylic acids is 1. The van der Waals surface area contributed by atoms with E-state index in [1.807, 2.05) is 0 Å². The van der Waals surface area contributed by atoms with Crippen LogP contribution in [0.4, 0.5) is 0 Å². The second-order valence-electron chi connectivity index (χ2n) is 6.17. The number of benzene rings is 1. The molecule has 0 fully saturated rings. The van der Waals surface area contributed by atoms with Gasteiger partial charge in [-0.25, -0.2) is 4.79 Å². The molecule has 1 aliphatic heterocycles. The first-order valence-corrected chi connectivity index (χ1v) is 8.41. The van der Waals surface area contributed by atoms with Gasteiger partial charge in [0.25, 0.3) is 5.56 Å². The lowest BCUT2D eigenvalue weighted by Crippen LogP contribution is -2.39. The first-order chi connectivity index (χ1) is 12.5. The highest BCUT2D eigenvalue weighted by Gasteiger charge is 2.39. The summed E-state index contributed by atoms with van der Waals surface area (Å²) in [6.45, 7) is 0.285. The zero-order valence-electron chi connectivity index (χ0n) is 14.2. The lowest BCUT2D eigenvalue weighted by atomic mass is 10.0. The van der Waals surface area contributed by atoms with E-state index in [2.05, 4.69) is 26.4 Å². The predicted octanol–water partition coefficient (Wildman–Crippen LogP) is 1.16. The molecule has 0 unspecified atom stereocenters. The molecule has 0 bridgehead atoms. The Morgan fingerprint density at radius 3 is 2.77 bits per heavy atom. The van der Waals surface area contributed by atoms with Crippen molar-refractivity contribution in [3.63, 3.8) is 0 Å². The molecule has 1 aromatic carbocycles. The fourth-order valence-electron chi connectivity index (χ4n) is 2.78. The molecule has 2 heterocycles. The zero-order chi connectivity index (χ0) is 18.6. The van der Waals surface area contributed by atoms with E-state index < -0.39 is 11.4 Å². The molecule has 2 aromatic rings. The molecular formula is C18H19N5O3. The van der Waals surface area contributed by atoms with E-state index in [0.29, 0.717) is 30.2 Å². The SMILES string of the molecule is C#CCCC1(CCC(=O)NCCn2c(=O)[nH]c3ccccc3c2=O)N=N1. The summed E-state index contributed by atoms with van der Waals surface area (Å²) in [6.07, 6.45) is 7.23. The molecule has 134 valence electrons. The van der Waals surface area contributed by atoms with Crippen LogP contribution in [-0.2, 0) is 11.3 Å². The Balaban J connectivity index is 1.53. The molecule has 0 saturated carbocycles. The van der Waals surface area contributed by atoms with E-state index in [4.69, 9.17) is 6.42 Å². The molecule has 0 saturated heterocycles. The first kappa shape index (κ1) is 17.6. The van der Waals surface area contributed by atoms with Crippen molar-refractivity contribution in [2.75, 3.05) is 6.54 Å². The number of H-pyrrole nitrogens is 1. The molecule has 0 spiro atoms. The van der Waals surface area contributed by atoms with Crippen molar-refractivity contribution in [3.05, 3.63) is 45.1 Å². The van der Waals surface area contributed by atoms with Gasteiger partial charge in [0, 0.05) is 38.8 Å². The van der Waals surface area contributed by atoms with Crippen LogP contribution in [0.3, 0.4) is 0 Å². The molecule has 3 rings (SSSR count). The Labute approximate surface area is 149 Å². The number of hydrogen-bond donors (Lipinski definition) is 2. The largest absolute Gasteiger partial charge is 0.354 e. The monoisotopic (exact) mass is 353 g/mol. The number of aromatic nitrogens is 2. The Kier molecular flexibility index (Phi) is 4.98. The number of amides is 1. The second-order valence-corrected chi connectivity index (χ2v) is 6.17. The summed E-state index contributed by atoms with van der Waals surface area (Å²) in [5, 5.41) is 11.1. The Morgan fingerprint density at radius 2 is 2.04 bits per heavy atom. The van der Waals surface area contributed by atoms with E-state index >= 15 is 0 Å². The van der Waals surface area contributed by atoms with Crippen LogP contribution in [0.2, 0.25) is 0 Å². The van der Waals surface area contributed by atoms with Crippen molar-refractivity contribution in [1.82, 2.24) is 14.9 Å². The van der Waals surface area contributed by atoms with Crippen LogP contribution >= 0.6 is 0 Å². The third-order valence-electron chi connectivity index (χ3n) is 4.35. The van der Waals surface area contributed by atoms with Gasteiger partial charge in [0.2, 0.25) is 5.91 Å². The van der Waals surface area contributed by atoms with Gasteiger partial charge in [-0.1, -0.05) is 12.1 Å². The van der Waals surface area contributed by atoms with Gasteiger partial charge in [0.1, 0.15) is 0 Å². The second kappa shape index (κ2) is 7.35. The number of nitrogens with zero attached hydrogens (tertiary/aromatic N) is 3. The van der Waals surface area contributed by atoms with Gasteiger partial charge >= 0.3 is 5.69 Å². The Hall–Kier alpha value is -3.21. The highest BCUT2D eigenvalue weighted by Crippen LogP contribution is 2.37. The lowest BCUT2D eigenvalue weighted by Gasteiger charge is -2.10. The summed E-state index contributed by atoms with van der Waals surface area (Å²) >= 11 is 0. The van der Waals surface area contributed by atoms with Gasteiger partial charge < -0.3 is 10.3 Å². The predicted molar refractivity (Wildman–Crippen MR) is 96.7 cm³/mol. The minimum atomic E-state index is -0.494. The molecular weight excluding hydrogens is 334 g/mol. The maximum atomic E-state index is 12.4. The van der Waals surface area contributed by atoms with Crippen molar-refractivity contribution in [1.29, 1.82) is 0 Å². The summed E-state index contributed by atoms with van der Waals surface area (Å²) in [7, 11) is 0. The van der Waals surface area contributed by atoms with Crippen molar-refractivity contribution in [3.8, 4) is 12.3 Å². The molecule has 0 radical (unpaired) electrons. The molecule has 1 aliphatic rings. The third kappa shape index (κ3) is 3.88. The van der Waals surface area contributed by atoms with Crippen molar-refractivity contribution >= 4 is 16.8 Å². The number of nitrogens with one attached hydrogen (secondary N) is 2. The zero-order valence-corrected chi connectivity index (χ0v) is 14.2. The van der Waals surface area contributed by atoms with Crippen LogP contribution in [0.25, 0.3) is 10.9 Å².